The summed E-state index contributed by atoms with van der Waals surface area (Å²) in [5, 5.41) is 7.58. The van der Waals surface area contributed by atoms with Gasteiger partial charge in [0.25, 0.3) is 5.91 Å². The number of nitrogens with one attached hydrogen (secondary N) is 1. The minimum absolute atomic E-state index is 0.169. The van der Waals surface area contributed by atoms with E-state index in [2.05, 4.69) is 5.43 Å². The second kappa shape index (κ2) is 9.07. The van der Waals surface area contributed by atoms with Gasteiger partial charge in [-0.15, -0.1) is 0 Å². The minimum atomic E-state index is -0.169. The molecule has 2 atom stereocenters. The van der Waals surface area contributed by atoms with E-state index >= 15 is 0 Å². The van der Waals surface area contributed by atoms with Crippen molar-refractivity contribution in [2.24, 2.45) is 11.8 Å². The molecule has 5 nitrogen and oxygen atoms in total. The van der Waals surface area contributed by atoms with Crippen LogP contribution in [0, 0.1) is 11.8 Å². The predicted molar refractivity (Wildman–Crippen MR) is 147 cm³/mol. The molecule has 6 heteroatoms. The van der Waals surface area contributed by atoms with Gasteiger partial charge in [0.05, 0.1) is 22.8 Å². The van der Waals surface area contributed by atoms with Crippen molar-refractivity contribution in [3.05, 3.63) is 107 Å². The summed E-state index contributed by atoms with van der Waals surface area (Å²) in [4.78, 5) is 14.1. The fourth-order valence-electron chi connectivity index (χ4n) is 7.08. The SMILES string of the molecule is O=C(NN(c1ccccc1)c1ccccc1)c1nn(-c2ccc(Cl)cc2)c2c1C1CC3CC(C1)CC2C3. The molecule has 2 unspecified atom stereocenters. The summed E-state index contributed by atoms with van der Waals surface area (Å²) >= 11 is 6.21. The number of rotatable bonds is 5. The first-order chi connectivity index (χ1) is 18.1. The molecule has 0 spiro atoms. The van der Waals surface area contributed by atoms with Gasteiger partial charge in [0.15, 0.2) is 5.69 Å². The Kier molecular flexibility index (Phi) is 5.54. The van der Waals surface area contributed by atoms with Crippen LogP contribution in [0.15, 0.2) is 84.9 Å². The van der Waals surface area contributed by atoms with E-state index in [0.29, 0.717) is 22.6 Å². The quantitative estimate of drug-likeness (QED) is 0.286. The Labute approximate surface area is 222 Å². The number of carbonyl (C=O) groups is 1. The lowest BCUT2D eigenvalue weighted by Gasteiger charge is -2.38. The molecule has 2 saturated carbocycles. The molecule has 0 saturated heterocycles. The molecule has 3 aromatic carbocycles. The zero-order chi connectivity index (χ0) is 24.9. The molecule has 186 valence electrons. The van der Waals surface area contributed by atoms with Crippen LogP contribution in [-0.4, -0.2) is 15.7 Å². The first-order valence-corrected chi connectivity index (χ1v) is 13.6. The molecule has 1 heterocycles. The molecule has 4 aliphatic carbocycles. The van der Waals surface area contributed by atoms with E-state index in [9.17, 15) is 4.79 Å². The van der Waals surface area contributed by atoms with Crippen LogP contribution in [-0.2, 0) is 0 Å². The molecular formula is C31H29ClN4O. The van der Waals surface area contributed by atoms with E-state index in [1.807, 2.05) is 94.6 Å². The number of halogens is 1. The fourth-order valence-corrected chi connectivity index (χ4v) is 7.21. The van der Waals surface area contributed by atoms with Crippen LogP contribution < -0.4 is 10.4 Å². The van der Waals surface area contributed by atoms with Gasteiger partial charge in [0, 0.05) is 16.5 Å². The van der Waals surface area contributed by atoms with Crippen molar-refractivity contribution in [2.45, 2.75) is 43.9 Å². The third-order valence-corrected chi connectivity index (χ3v) is 8.67. The highest BCUT2D eigenvalue weighted by molar-refractivity contribution is 6.30. The highest BCUT2D eigenvalue weighted by atomic mass is 35.5. The van der Waals surface area contributed by atoms with Crippen LogP contribution in [0.3, 0.4) is 0 Å². The van der Waals surface area contributed by atoms with Crippen LogP contribution in [0.1, 0.15) is 65.7 Å². The first-order valence-electron chi connectivity index (χ1n) is 13.2. The van der Waals surface area contributed by atoms with Crippen molar-refractivity contribution in [1.29, 1.82) is 0 Å². The zero-order valence-electron chi connectivity index (χ0n) is 20.6. The summed E-state index contributed by atoms with van der Waals surface area (Å²) in [7, 11) is 0. The van der Waals surface area contributed by atoms with Gasteiger partial charge in [-0.05, 0) is 98.4 Å². The van der Waals surface area contributed by atoms with Crippen molar-refractivity contribution >= 4 is 28.9 Å². The molecule has 1 N–H and O–H groups in total. The summed E-state index contributed by atoms with van der Waals surface area (Å²) in [5.41, 5.74) is 8.93. The molecule has 2 fully saturated rings. The number of hydrogen-bond acceptors (Lipinski definition) is 3. The van der Waals surface area contributed by atoms with Crippen molar-refractivity contribution in [3.63, 3.8) is 0 Å². The second-order valence-corrected chi connectivity index (χ2v) is 11.2. The number of amides is 1. The van der Waals surface area contributed by atoms with Crippen LogP contribution in [0.2, 0.25) is 5.02 Å². The van der Waals surface area contributed by atoms with Crippen molar-refractivity contribution < 1.29 is 4.79 Å². The topological polar surface area (TPSA) is 50.2 Å². The van der Waals surface area contributed by atoms with Gasteiger partial charge in [-0.1, -0.05) is 48.0 Å². The molecule has 37 heavy (non-hydrogen) atoms. The lowest BCUT2D eigenvalue weighted by Crippen LogP contribution is -2.39. The van der Waals surface area contributed by atoms with E-state index in [4.69, 9.17) is 16.7 Å². The largest absolute Gasteiger partial charge is 0.290 e. The Hall–Kier alpha value is -3.57. The number of anilines is 2. The maximum atomic E-state index is 14.1. The number of benzene rings is 3. The minimum Gasteiger partial charge on any atom is -0.266 e. The van der Waals surface area contributed by atoms with Gasteiger partial charge in [-0.3, -0.25) is 15.2 Å². The number of hydrazine groups is 1. The monoisotopic (exact) mass is 508 g/mol. The molecule has 4 aliphatic rings. The first kappa shape index (κ1) is 22.6. The number of para-hydroxylation sites is 2. The molecule has 4 bridgehead atoms. The fraction of sp³-hybridized carbons (Fsp3) is 0.290. The summed E-state index contributed by atoms with van der Waals surface area (Å²) in [6, 6.07) is 27.7. The highest BCUT2D eigenvalue weighted by Crippen LogP contribution is 2.57. The van der Waals surface area contributed by atoms with Gasteiger partial charge < -0.3 is 0 Å². The standard InChI is InChI=1S/C31H29ClN4O/c32-24-11-13-27(14-12-24)36-30-23-18-20-15-21(19-23)17-22(16-20)28(30)29(33-36)31(37)34-35(25-7-3-1-4-8-25)26-9-5-2-6-10-26/h1-14,20-23H,15-19H2,(H,34,37). The Balaban J connectivity index is 1.34. The smallest absolute Gasteiger partial charge is 0.266 e. The van der Waals surface area contributed by atoms with Gasteiger partial charge in [-0.25, -0.2) is 4.68 Å². The summed E-state index contributed by atoms with van der Waals surface area (Å²) in [6.45, 7) is 0. The molecule has 0 aliphatic heterocycles. The Morgan fingerprint density at radius 2 is 1.35 bits per heavy atom. The summed E-state index contributed by atoms with van der Waals surface area (Å²) in [5.74, 6) is 2.15. The maximum Gasteiger partial charge on any atom is 0.290 e. The predicted octanol–water partition coefficient (Wildman–Crippen LogP) is 7.40. The average molecular weight is 509 g/mol. The van der Waals surface area contributed by atoms with Gasteiger partial charge in [-0.2, -0.15) is 5.10 Å². The number of hydrogen-bond donors (Lipinski definition) is 1. The van der Waals surface area contributed by atoms with Crippen molar-refractivity contribution in [3.8, 4) is 5.69 Å². The lowest BCUT2D eigenvalue weighted by molar-refractivity contribution is 0.0945. The molecule has 4 aromatic rings. The third-order valence-electron chi connectivity index (χ3n) is 8.42. The van der Waals surface area contributed by atoms with Crippen molar-refractivity contribution in [2.75, 3.05) is 5.01 Å². The Morgan fingerprint density at radius 1 is 0.784 bits per heavy atom. The van der Waals surface area contributed by atoms with E-state index in [1.54, 1.807) is 0 Å². The number of aromatic nitrogens is 2. The number of nitrogens with zero attached hydrogens (tertiary/aromatic N) is 3. The van der Waals surface area contributed by atoms with Crippen LogP contribution in [0.25, 0.3) is 5.69 Å². The highest BCUT2D eigenvalue weighted by Gasteiger charge is 2.46. The Bertz CT molecular complexity index is 1380. The molecule has 0 radical (unpaired) electrons. The lowest BCUT2D eigenvalue weighted by atomic mass is 9.67. The normalized spacial score (nSPS) is 23.4. The molecular weight excluding hydrogens is 480 g/mol. The van der Waals surface area contributed by atoms with Crippen LogP contribution in [0.5, 0.6) is 0 Å². The van der Waals surface area contributed by atoms with E-state index < -0.39 is 0 Å². The third kappa shape index (κ3) is 4.02. The summed E-state index contributed by atoms with van der Waals surface area (Å²) < 4.78 is 2.05. The van der Waals surface area contributed by atoms with Crippen molar-refractivity contribution in [1.82, 2.24) is 15.2 Å². The number of carbonyl (C=O) groups excluding carboxylic acids is 1. The summed E-state index contributed by atoms with van der Waals surface area (Å²) in [6.07, 6.45) is 6.05. The molecule has 1 aromatic heterocycles. The van der Waals surface area contributed by atoms with Crippen LogP contribution in [0.4, 0.5) is 11.4 Å². The second-order valence-electron chi connectivity index (χ2n) is 10.8. The zero-order valence-corrected chi connectivity index (χ0v) is 21.3. The molecule has 8 rings (SSSR count). The average Bonchev–Trinajstić information content (AvgIpc) is 3.25. The van der Waals surface area contributed by atoms with E-state index in [0.717, 1.165) is 41.7 Å². The van der Waals surface area contributed by atoms with E-state index in [-0.39, 0.29) is 5.91 Å². The van der Waals surface area contributed by atoms with Gasteiger partial charge >= 0.3 is 0 Å². The Morgan fingerprint density at radius 3 is 1.95 bits per heavy atom. The maximum absolute atomic E-state index is 14.1. The van der Waals surface area contributed by atoms with Gasteiger partial charge in [0.1, 0.15) is 0 Å². The van der Waals surface area contributed by atoms with Crippen LogP contribution >= 0.6 is 11.6 Å². The van der Waals surface area contributed by atoms with E-state index in [1.165, 1.54) is 30.5 Å². The van der Waals surface area contributed by atoms with Gasteiger partial charge in [0.2, 0.25) is 0 Å². The molecule has 1 amide bonds.